The van der Waals surface area contributed by atoms with E-state index in [9.17, 15) is 55.9 Å². The molecule has 16 nitrogen and oxygen atoms in total. The molecule has 1 aromatic heterocycles. The summed E-state index contributed by atoms with van der Waals surface area (Å²) >= 11 is 0. The molecular weight excluding hydrogens is 580 g/mol. The van der Waals surface area contributed by atoms with Crippen LogP contribution in [0.4, 0.5) is 0 Å². The largest absolute Gasteiger partial charge is 0.508 e. The summed E-state index contributed by atoms with van der Waals surface area (Å²) in [5.74, 6) is -3.29. The number of aliphatic hydroxyl groups excluding tert-OH is 6. The lowest BCUT2D eigenvalue weighted by Gasteiger charge is -2.45. The lowest BCUT2D eigenvalue weighted by atomic mass is 9.97. The zero-order chi connectivity index (χ0) is 31.3. The van der Waals surface area contributed by atoms with Gasteiger partial charge in [0.25, 0.3) is 0 Å². The predicted molar refractivity (Wildman–Crippen MR) is 140 cm³/mol. The first-order chi connectivity index (χ1) is 20.3. The summed E-state index contributed by atoms with van der Waals surface area (Å²) in [4.78, 5) is 13.7. The molecule has 2 aromatic carbocycles. The van der Waals surface area contributed by atoms with Crippen molar-refractivity contribution in [3.05, 3.63) is 40.6 Å². The summed E-state index contributed by atoms with van der Waals surface area (Å²) in [6.45, 7) is 0.582. The Morgan fingerprint density at radius 2 is 1.51 bits per heavy atom. The number of hydrogen-bond acceptors (Lipinski definition) is 16. The molecule has 2 saturated heterocycles. The summed E-state index contributed by atoms with van der Waals surface area (Å²) in [5, 5.41) is 101. The van der Waals surface area contributed by atoms with Crippen molar-refractivity contribution in [2.75, 3.05) is 6.61 Å². The number of phenols is 4. The van der Waals surface area contributed by atoms with Gasteiger partial charge in [-0.25, -0.2) is 0 Å². The highest BCUT2D eigenvalue weighted by Gasteiger charge is 2.51. The fourth-order valence-corrected chi connectivity index (χ4v) is 4.92. The van der Waals surface area contributed by atoms with Crippen LogP contribution in [0.15, 0.2) is 39.5 Å². The molecule has 0 bridgehead atoms. The van der Waals surface area contributed by atoms with Crippen LogP contribution < -0.4 is 10.2 Å². The second-order valence-corrected chi connectivity index (χ2v) is 10.2. The first-order valence-corrected chi connectivity index (χ1v) is 13.0. The fourth-order valence-electron chi connectivity index (χ4n) is 4.92. The predicted octanol–water partition coefficient (Wildman–Crippen LogP) is -1.69. The highest BCUT2D eigenvalue weighted by Crippen LogP contribution is 2.40. The number of aromatic hydroxyl groups is 4. The number of aliphatic hydroxyl groups is 6. The molecule has 3 aromatic rings. The van der Waals surface area contributed by atoms with Gasteiger partial charge in [-0.15, -0.1) is 0 Å². The first-order valence-electron chi connectivity index (χ1n) is 13.0. The molecule has 0 radical (unpaired) electrons. The molecule has 5 rings (SSSR count). The van der Waals surface area contributed by atoms with Crippen LogP contribution in [-0.4, -0.2) is 119 Å². The maximum absolute atomic E-state index is 13.7. The van der Waals surface area contributed by atoms with Gasteiger partial charge in [0.05, 0.1) is 12.7 Å². The fraction of sp³-hybridized carbons (Fsp3) is 0.444. The third kappa shape index (κ3) is 5.55. The molecule has 43 heavy (non-hydrogen) atoms. The molecule has 10 atom stereocenters. The Morgan fingerprint density at radius 3 is 2.19 bits per heavy atom. The number of ether oxygens (including phenoxy) is 4. The van der Waals surface area contributed by atoms with Crippen molar-refractivity contribution in [3.8, 4) is 40.1 Å². The van der Waals surface area contributed by atoms with Gasteiger partial charge in [-0.05, 0) is 25.1 Å². The SMILES string of the molecule is C[C@@H]1O[C@H](Oc2c(-c3ccc(O)c(O)c3)oc3cc(O)cc(O)c3c2=O)[C@H](O[C@H]2O[C@H](CO)[C@H](O)[C@@H](O)[C@H]2O)[C@H](O)[C@H]1O. The van der Waals surface area contributed by atoms with E-state index in [1.807, 2.05) is 0 Å². The zero-order valence-corrected chi connectivity index (χ0v) is 22.3. The minimum atomic E-state index is -1.91. The summed E-state index contributed by atoms with van der Waals surface area (Å²) in [6.07, 6.45) is -16.8. The number of rotatable bonds is 6. The van der Waals surface area contributed by atoms with Crippen molar-refractivity contribution < 1.29 is 74.4 Å². The van der Waals surface area contributed by atoms with E-state index in [2.05, 4.69) is 0 Å². The van der Waals surface area contributed by atoms with Crippen molar-refractivity contribution in [2.45, 2.75) is 68.3 Å². The molecule has 16 heteroatoms. The molecule has 10 N–H and O–H groups in total. The lowest BCUT2D eigenvalue weighted by Crippen LogP contribution is -2.64. The lowest BCUT2D eigenvalue weighted by molar-refractivity contribution is -0.355. The second-order valence-electron chi connectivity index (χ2n) is 10.2. The van der Waals surface area contributed by atoms with Crippen LogP contribution in [0, 0.1) is 0 Å². The highest BCUT2D eigenvalue weighted by molar-refractivity contribution is 5.88. The molecule has 0 saturated carbocycles. The number of phenolic OH excluding ortho intramolecular Hbond substituents is 4. The summed E-state index contributed by atoms with van der Waals surface area (Å²) in [7, 11) is 0. The van der Waals surface area contributed by atoms with Crippen molar-refractivity contribution in [3.63, 3.8) is 0 Å². The third-order valence-electron chi connectivity index (χ3n) is 7.31. The zero-order valence-electron chi connectivity index (χ0n) is 22.3. The maximum Gasteiger partial charge on any atom is 0.239 e. The van der Waals surface area contributed by atoms with E-state index in [1.165, 1.54) is 13.0 Å². The van der Waals surface area contributed by atoms with Crippen LogP contribution in [0.25, 0.3) is 22.3 Å². The van der Waals surface area contributed by atoms with Gasteiger partial charge in [-0.3, -0.25) is 4.79 Å². The molecule has 3 heterocycles. The van der Waals surface area contributed by atoms with Crippen LogP contribution in [0.2, 0.25) is 0 Å². The van der Waals surface area contributed by atoms with E-state index in [4.69, 9.17) is 23.4 Å². The Bertz CT molecular complexity index is 1540. The van der Waals surface area contributed by atoms with E-state index < -0.39 is 108 Å². The molecule has 2 aliphatic heterocycles. The van der Waals surface area contributed by atoms with Crippen molar-refractivity contribution in [1.29, 1.82) is 0 Å². The normalized spacial score (nSPS) is 33.0. The maximum atomic E-state index is 13.7. The molecule has 0 unspecified atom stereocenters. The smallest absolute Gasteiger partial charge is 0.239 e. The number of fused-ring (bicyclic) bond motifs is 1. The summed E-state index contributed by atoms with van der Waals surface area (Å²) in [5.41, 5.74) is -1.33. The quantitative estimate of drug-likeness (QED) is 0.140. The second kappa shape index (κ2) is 11.8. The molecule has 0 aliphatic carbocycles. The number of hydrogen-bond donors (Lipinski definition) is 10. The van der Waals surface area contributed by atoms with E-state index in [1.54, 1.807) is 0 Å². The van der Waals surface area contributed by atoms with Gasteiger partial charge in [0.15, 0.2) is 29.7 Å². The van der Waals surface area contributed by atoms with Gasteiger partial charge >= 0.3 is 0 Å². The van der Waals surface area contributed by atoms with E-state index >= 15 is 0 Å². The van der Waals surface area contributed by atoms with E-state index in [-0.39, 0.29) is 16.9 Å². The molecule has 0 spiro atoms. The molecular formula is C27H30O16. The summed E-state index contributed by atoms with van der Waals surface area (Å²) < 4.78 is 28.3. The van der Waals surface area contributed by atoms with Crippen molar-refractivity contribution >= 4 is 11.0 Å². The Balaban J connectivity index is 1.60. The average Bonchev–Trinajstić information content (AvgIpc) is 2.96. The van der Waals surface area contributed by atoms with Crippen LogP contribution >= 0.6 is 0 Å². The number of benzene rings is 2. The Hall–Kier alpha value is -3.71. The molecule has 2 aliphatic rings. The van der Waals surface area contributed by atoms with Gasteiger partial charge in [-0.1, -0.05) is 0 Å². The highest BCUT2D eigenvalue weighted by atomic mass is 16.8. The van der Waals surface area contributed by atoms with Crippen LogP contribution in [0.3, 0.4) is 0 Å². The van der Waals surface area contributed by atoms with E-state index in [0.29, 0.717) is 0 Å². The van der Waals surface area contributed by atoms with Gasteiger partial charge in [0.1, 0.15) is 59.1 Å². The Labute approximate surface area is 241 Å². The van der Waals surface area contributed by atoms with Crippen molar-refractivity contribution in [2.24, 2.45) is 0 Å². The monoisotopic (exact) mass is 610 g/mol. The third-order valence-corrected chi connectivity index (χ3v) is 7.31. The van der Waals surface area contributed by atoms with Crippen LogP contribution in [0.5, 0.6) is 28.7 Å². The minimum Gasteiger partial charge on any atom is -0.508 e. The van der Waals surface area contributed by atoms with Gasteiger partial charge in [-0.2, -0.15) is 0 Å². The van der Waals surface area contributed by atoms with Crippen molar-refractivity contribution in [1.82, 2.24) is 0 Å². The minimum absolute atomic E-state index is 0.0250. The topological polar surface area (TPSA) is 269 Å². The molecule has 2 fully saturated rings. The van der Waals surface area contributed by atoms with Gasteiger partial charge in [0.2, 0.25) is 17.5 Å². The van der Waals surface area contributed by atoms with Crippen LogP contribution in [0.1, 0.15) is 6.92 Å². The van der Waals surface area contributed by atoms with Crippen LogP contribution in [-0.2, 0) is 14.2 Å². The van der Waals surface area contributed by atoms with Gasteiger partial charge < -0.3 is 74.4 Å². The van der Waals surface area contributed by atoms with E-state index in [0.717, 1.165) is 24.3 Å². The molecule has 234 valence electrons. The molecule has 0 amide bonds. The first kappa shape index (κ1) is 30.7. The van der Waals surface area contributed by atoms with Gasteiger partial charge in [0, 0.05) is 17.7 Å². The Morgan fingerprint density at radius 1 is 0.791 bits per heavy atom. The summed E-state index contributed by atoms with van der Waals surface area (Å²) in [6, 6.07) is 5.27. The Kier molecular flexibility index (Phi) is 8.41. The standard InChI is InChI=1S/C27H30O16/c1-8-17(33)21(37)25(43-26-22(38)20(36)18(34)15(7-28)41-26)27(39-8)42-24-19(35)16-13(32)5-10(29)6-14(16)40-23(24)9-2-3-11(30)12(31)4-9/h2-6,8,15,17-18,20-22,25-34,36-38H,7H2,1H3/t8-,15+,17-,18-,20+,21+,22+,25+,26+,27+/m0/s1. The average molecular weight is 611 g/mol.